The minimum absolute atomic E-state index is 0.156. The number of benzene rings is 1. The van der Waals surface area contributed by atoms with Crippen LogP contribution in [-0.2, 0) is 16.1 Å². The van der Waals surface area contributed by atoms with E-state index in [9.17, 15) is 4.79 Å². The maximum absolute atomic E-state index is 12.2. The van der Waals surface area contributed by atoms with Crippen molar-refractivity contribution in [2.24, 2.45) is 0 Å². The van der Waals surface area contributed by atoms with Crippen LogP contribution in [0.4, 0.5) is 0 Å². The normalized spacial score (nSPS) is 15.9. The Morgan fingerprint density at radius 3 is 2.84 bits per heavy atom. The zero-order chi connectivity index (χ0) is 13.2. The molecule has 2 aromatic rings. The minimum atomic E-state index is 0.156. The smallest absolute Gasteiger partial charge is 0.242 e. The summed E-state index contributed by atoms with van der Waals surface area (Å²) in [5.74, 6) is 0.156. The SMILES string of the molecule is O=C(Cn1ccc2cc(Br)ccc21)N1CCOCC1. The van der Waals surface area contributed by atoms with Crippen molar-refractivity contribution in [3.05, 3.63) is 34.9 Å². The zero-order valence-corrected chi connectivity index (χ0v) is 12.1. The summed E-state index contributed by atoms with van der Waals surface area (Å²) in [5, 5.41) is 1.14. The van der Waals surface area contributed by atoms with Crippen molar-refractivity contribution < 1.29 is 9.53 Å². The number of halogens is 1. The summed E-state index contributed by atoms with van der Waals surface area (Å²) in [5.41, 5.74) is 1.09. The van der Waals surface area contributed by atoms with Gasteiger partial charge in [0.2, 0.25) is 5.91 Å². The van der Waals surface area contributed by atoms with E-state index in [1.165, 1.54) is 0 Å². The molecule has 0 unspecified atom stereocenters. The molecular weight excluding hydrogens is 308 g/mol. The molecule has 1 aromatic heterocycles. The third-order valence-electron chi connectivity index (χ3n) is 3.40. The second-order valence-corrected chi connectivity index (χ2v) is 5.56. The molecule has 5 heteroatoms. The first kappa shape index (κ1) is 12.7. The molecule has 4 nitrogen and oxygen atoms in total. The van der Waals surface area contributed by atoms with Crippen LogP contribution in [0.3, 0.4) is 0 Å². The van der Waals surface area contributed by atoms with E-state index in [0.29, 0.717) is 32.8 Å². The van der Waals surface area contributed by atoms with Gasteiger partial charge in [0.05, 0.1) is 13.2 Å². The van der Waals surface area contributed by atoms with Crippen molar-refractivity contribution in [2.75, 3.05) is 26.3 Å². The Morgan fingerprint density at radius 2 is 2.05 bits per heavy atom. The molecule has 0 N–H and O–H groups in total. The molecule has 1 saturated heterocycles. The van der Waals surface area contributed by atoms with Gasteiger partial charge in [0.25, 0.3) is 0 Å². The fourth-order valence-electron chi connectivity index (χ4n) is 2.37. The molecule has 19 heavy (non-hydrogen) atoms. The maximum Gasteiger partial charge on any atom is 0.242 e. The van der Waals surface area contributed by atoms with Crippen LogP contribution in [0.2, 0.25) is 0 Å². The lowest BCUT2D eigenvalue weighted by molar-refractivity contribution is -0.135. The fourth-order valence-corrected chi connectivity index (χ4v) is 2.75. The fraction of sp³-hybridized carbons (Fsp3) is 0.357. The van der Waals surface area contributed by atoms with Crippen LogP contribution in [0.15, 0.2) is 34.9 Å². The van der Waals surface area contributed by atoms with Crippen LogP contribution in [-0.4, -0.2) is 41.7 Å². The number of fused-ring (bicyclic) bond motifs is 1. The number of rotatable bonds is 2. The van der Waals surface area contributed by atoms with Crippen LogP contribution < -0.4 is 0 Å². The number of hydrogen-bond acceptors (Lipinski definition) is 2. The minimum Gasteiger partial charge on any atom is -0.378 e. The van der Waals surface area contributed by atoms with Gasteiger partial charge in [-0.3, -0.25) is 4.79 Å². The molecule has 0 aliphatic carbocycles. The predicted molar refractivity (Wildman–Crippen MR) is 77.0 cm³/mol. The van der Waals surface area contributed by atoms with Gasteiger partial charge in [0.15, 0.2) is 0 Å². The van der Waals surface area contributed by atoms with E-state index in [1.54, 1.807) is 0 Å². The summed E-state index contributed by atoms with van der Waals surface area (Å²) in [7, 11) is 0. The highest BCUT2D eigenvalue weighted by molar-refractivity contribution is 9.10. The van der Waals surface area contributed by atoms with Gasteiger partial charge >= 0.3 is 0 Å². The summed E-state index contributed by atoms with van der Waals surface area (Å²) in [6.07, 6.45) is 1.97. The lowest BCUT2D eigenvalue weighted by Crippen LogP contribution is -2.42. The molecule has 0 radical (unpaired) electrons. The largest absolute Gasteiger partial charge is 0.378 e. The number of aromatic nitrogens is 1. The van der Waals surface area contributed by atoms with Crippen LogP contribution >= 0.6 is 15.9 Å². The van der Waals surface area contributed by atoms with Crippen molar-refractivity contribution in [1.29, 1.82) is 0 Å². The highest BCUT2D eigenvalue weighted by atomic mass is 79.9. The van der Waals surface area contributed by atoms with E-state index in [1.807, 2.05) is 33.9 Å². The number of amides is 1. The van der Waals surface area contributed by atoms with Crippen molar-refractivity contribution in [1.82, 2.24) is 9.47 Å². The average molecular weight is 323 g/mol. The molecular formula is C14H15BrN2O2. The molecule has 0 atom stereocenters. The number of ether oxygens (including phenoxy) is 1. The molecule has 0 bridgehead atoms. The molecule has 0 spiro atoms. The summed E-state index contributed by atoms with van der Waals surface area (Å²) < 4.78 is 8.32. The Bertz CT molecular complexity index is 603. The van der Waals surface area contributed by atoms with Crippen LogP contribution in [0, 0.1) is 0 Å². The third kappa shape index (κ3) is 2.67. The lowest BCUT2D eigenvalue weighted by atomic mass is 10.2. The van der Waals surface area contributed by atoms with E-state index < -0.39 is 0 Å². The molecule has 2 heterocycles. The Morgan fingerprint density at radius 1 is 1.26 bits per heavy atom. The number of nitrogens with zero attached hydrogens (tertiary/aromatic N) is 2. The van der Waals surface area contributed by atoms with Crippen LogP contribution in [0.1, 0.15) is 0 Å². The zero-order valence-electron chi connectivity index (χ0n) is 10.5. The third-order valence-corrected chi connectivity index (χ3v) is 3.90. The van der Waals surface area contributed by atoms with E-state index in [-0.39, 0.29) is 5.91 Å². The summed E-state index contributed by atoms with van der Waals surface area (Å²) in [4.78, 5) is 14.1. The van der Waals surface area contributed by atoms with Gasteiger partial charge in [-0.25, -0.2) is 0 Å². The van der Waals surface area contributed by atoms with Crippen LogP contribution in [0.5, 0.6) is 0 Å². The predicted octanol–water partition coefficient (Wildman–Crippen LogP) is 2.26. The van der Waals surface area contributed by atoms with Gasteiger partial charge in [0, 0.05) is 34.7 Å². The highest BCUT2D eigenvalue weighted by Gasteiger charge is 2.17. The standard InChI is InChI=1S/C14H15BrN2O2/c15-12-1-2-13-11(9-12)3-4-17(13)10-14(18)16-5-7-19-8-6-16/h1-4,9H,5-8,10H2. The molecule has 0 saturated carbocycles. The Kier molecular flexibility index (Phi) is 3.57. The molecule has 1 aromatic carbocycles. The molecule has 1 fully saturated rings. The van der Waals surface area contributed by atoms with E-state index in [4.69, 9.17) is 4.74 Å². The number of hydrogen-bond donors (Lipinski definition) is 0. The first-order chi connectivity index (χ1) is 9.24. The summed E-state index contributed by atoms with van der Waals surface area (Å²) in [6, 6.07) is 8.13. The van der Waals surface area contributed by atoms with Gasteiger partial charge in [0.1, 0.15) is 6.54 Å². The molecule has 3 rings (SSSR count). The van der Waals surface area contributed by atoms with Crippen LogP contribution in [0.25, 0.3) is 10.9 Å². The van der Waals surface area contributed by atoms with Gasteiger partial charge in [-0.2, -0.15) is 0 Å². The first-order valence-corrected chi connectivity index (χ1v) is 7.13. The Balaban J connectivity index is 1.79. The second-order valence-electron chi connectivity index (χ2n) is 4.64. The molecule has 1 amide bonds. The maximum atomic E-state index is 12.2. The van der Waals surface area contributed by atoms with E-state index in [2.05, 4.69) is 22.0 Å². The van der Waals surface area contributed by atoms with Gasteiger partial charge in [-0.1, -0.05) is 15.9 Å². The Hall–Kier alpha value is -1.33. The average Bonchev–Trinajstić information content (AvgIpc) is 2.82. The topological polar surface area (TPSA) is 34.5 Å². The van der Waals surface area contributed by atoms with Gasteiger partial charge in [-0.15, -0.1) is 0 Å². The number of carbonyl (C=O) groups is 1. The number of carbonyl (C=O) groups excluding carboxylic acids is 1. The number of morpholine rings is 1. The molecule has 100 valence electrons. The van der Waals surface area contributed by atoms with E-state index in [0.717, 1.165) is 15.4 Å². The molecule has 1 aliphatic heterocycles. The quantitative estimate of drug-likeness (QED) is 0.850. The van der Waals surface area contributed by atoms with Gasteiger partial charge in [-0.05, 0) is 24.3 Å². The second kappa shape index (κ2) is 5.35. The highest BCUT2D eigenvalue weighted by Crippen LogP contribution is 2.21. The lowest BCUT2D eigenvalue weighted by Gasteiger charge is -2.27. The van der Waals surface area contributed by atoms with Crippen molar-refractivity contribution in [2.45, 2.75) is 6.54 Å². The van der Waals surface area contributed by atoms with Crippen molar-refractivity contribution >= 4 is 32.7 Å². The molecule has 1 aliphatic rings. The summed E-state index contributed by atoms with van der Waals surface area (Å²) in [6.45, 7) is 3.08. The van der Waals surface area contributed by atoms with Crippen molar-refractivity contribution in [3.8, 4) is 0 Å². The van der Waals surface area contributed by atoms with E-state index >= 15 is 0 Å². The Labute approximate surface area is 120 Å². The van der Waals surface area contributed by atoms with Gasteiger partial charge < -0.3 is 14.2 Å². The van der Waals surface area contributed by atoms with Crippen molar-refractivity contribution in [3.63, 3.8) is 0 Å². The monoisotopic (exact) mass is 322 g/mol. The summed E-state index contributed by atoms with van der Waals surface area (Å²) >= 11 is 3.46. The first-order valence-electron chi connectivity index (χ1n) is 6.34.